The summed E-state index contributed by atoms with van der Waals surface area (Å²) in [5, 5.41) is 9.90. The molecule has 3 rings (SSSR count). The van der Waals surface area contributed by atoms with Gasteiger partial charge in [0, 0.05) is 31.7 Å². The molecule has 0 aliphatic carbocycles. The van der Waals surface area contributed by atoms with Crippen LogP contribution in [0.5, 0.6) is 5.75 Å². The summed E-state index contributed by atoms with van der Waals surface area (Å²) in [5.41, 5.74) is 4.74. The van der Waals surface area contributed by atoms with Crippen LogP contribution in [-0.4, -0.2) is 53.5 Å². The first-order chi connectivity index (χ1) is 13.0. The predicted molar refractivity (Wildman–Crippen MR) is 110 cm³/mol. The van der Waals surface area contributed by atoms with Crippen LogP contribution >= 0.6 is 0 Å². The number of phenolic OH excluding ortho intramolecular Hbond substituents is 1. The van der Waals surface area contributed by atoms with Crippen molar-refractivity contribution in [3.63, 3.8) is 0 Å². The Morgan fingerprint density at radius 2 is 1.78 bits per heavy atom. The molecule has 0 radical (unpaired) electrons. The third-order valence-electron chi connectivity index (χ3n) is 5.67. The number of hydrogen-bond donors (Lipinski definition) is 1. The number of piperazine rings is 1. The molecule has 0 spiro atoms. The van der Waals surface area contributed by atoms with Crippen LogP contribution in [0.1, 0.15) is 41.3 Å². The topological polar surface area (TPSA) is 43.8 Å². The van der Waals surface area contributed by atoms with E-state index < -0.39 is 0 Å². The molecule has 0 saturated carbocycles. The lowest BCUT2D eigenvalue weighted by Gasteiger charge is -2.34. The predicted octanol–water partition coefficient (Wildman–Crippen LogP) is 4.23. The number of aromatic hydroxyl groups is 1. The van der Waals surface area contributed by atoms with Crippen LogP contribution in [0.4, 0.5) is 0 Å². The summed E-state index contributed by atoms with van der Waals surface area (Å²) in [5.74, 6) is 0.421. The average molecular weight is 367 g/mol. The molecule has 1 aliphatic rings. The van der Waals surface area contributed by atoms with Gasteiger partial charge in [-0.25, -0.2) is 0 Å². The van der Waals surface area contributed by atoms with Crippen molar-refractivity contribution in [1.29, 1.82) is 0 Å². The van der Waals surface area contributed by atoms with Gasteiger partial charge in [-0.3, -0.25) is 9.69 Å². The second-order valence-electron chi connectivity index (χ2n) is 7.45. The minimum Gasteiger partial charge on any atom is -0.508 e. The van der Waals surface area contributed by atoms with E-state index >= 15 is 0 Å². The molecule has 2 aromatic carbocycles. The average Bonchev–Trinajstić information content (AvgIpc) is 2.70. The van der Waals surface area contributed by atoms with Gasteiger partial charge in [0.05, 0.1) is 0 Å². The third-order valence-corrected chi connectivity index (χ3v) is 5.67. The Hall–Kier alpha value is -2.33. The number of amides is 1. The van der Waals surface area contributed by atoms with Crippen LogP contribution in [0.25, 0.3) is 11.1 Å². The number of unbranched alkanes of at least 4 members (excludes halogenated alkanes) is 1. The van der Waals surface area contributed by atoms with Gasteiger partial charge in [0.25, 0.3) is 5.91 Å². The fourth-order valence-corrected chi connectivity index (χ4v) is 3.68. The van der Waals surface area contributed by atoms with Gasteiger partial charge in [0.2, 0.25) is 0 Å². The van der Waals surface area contributed by atoms with Gasteiger partial charge in [-0.15, -0.1) is 0 Å². The molecule has 4 nitrogen and oxygen atoms in total. The first kappa shape index (κ1) is 19.4. The zero-order chi connectivity index (χ0) is 19.4. The highest BCUT2D eigenvalue weighted by atomic mass is 16.3. The second kappa shape index (κ2) is 8.57. The quantitative estimate of drug-likeness (QED) is 0.861. The van der Waals surface area contributed by atoms with Crippen LogP contribution in [0.3, 0.4) is 0 Å². The van der Waals surface area contributed by atoms with Crippen LogP contribution < -0.4 is 0 Å². The smallest absolute Gasteiger partial charge is 0.253 e. The summed E-state index contributed by atoms with van der Waals surface area (Å²) < 4.78 is 0. The molecule has 144 valence electrons. The lowest BCUT2D eigenvalue weighted by atomic mass is 9.95. The molecule has 1 saturated heterocycles. The summed E-state index contributed by atoms with van der Waals surface area (Å²) in [6, 6.07) is 11.5. The summed E-state index contributed by atoms with van der Waals surface area (Å²) in [7, 11) is 0. The van der Waals surface area contributed by atoms with Gasteiger partial charge >= 0.3 is 0 Å². The molecule has 1 aliphatic heterocycles. The molecule has 4 heteroatoms. The molecular formula is C23H30N2O2. The molecule has 1 amide bonds. The van der Waals surface area contributed by atoms with Crippen molar-refractivity contribution in [3.8, 4) is 16.9 Å². The Labute approximate surface area is 162 Å². The van der Waals surface area contributed by atoms with Crippen LogP contribution in [-0.2, 0) is 0 Å². The van der Waals surface area contributed by atoms with Crippen molar-refractivity contribution in [2.45, 2.75) is 33.6 Å². The zero-order valence-electron chi connectivity index (χ0n) is 16.7. The number of benzene rings is 2. The fraction of sp³-hybridized carbons (Fsp3) is 0.435. The number of hydrogen-bond acceptors (Lipinski definition) is 3. The first-order valence-electron chi connectivity index (χ1n) is 9.92. The van der Waals surface area contributed by atoms with Gasteiger partial charge in [0.1, 0.15) is 5.75 Å². The van der Waals surface area contributed by atoms with Crippen LogP contribution in [0.2, 0.25) is 0 Å². The third kappa shape index (κ3) is 4.33. The molecule has 1 fully saturated rings. The zero-order valence-corrected chi connectivity index (χ0v) is 16.7. The Morgan fingerprint density at radius 1 is 1.04 bits per heavy atom. The van der Waals surface area contributed by atoms with E-state index in [-0.39, 0.29) is 5.91 Å². The van der Waals surface area contributed by atoms with Gasteiger partial charge in [0.15, 0.2) is 0 Å². The molecule has 0 aromatic heterocycles. The van der Waals surface area contributed by atoms with Crippen molar-refractivity contribution < 1.29 is 9.90 Å². The number of carbonyl (C=O) groups is 1. The fourth-order valence-electron chi connectivity index (χ4n) is 3.68. The Bertz CT molecular complexity index is 808. The molecule has 0 bridgehead atoms. The van der Waals surface area contributed by atoms with Crippen molar-refractivity contribution in [1.82, 2.24) is 9.80 Å². The van der Waals surface area contributed by atoms with E-state index in [2.05, 4.69) is 11.8 Å². The Kier molecular flexibility index (Phi) is 6.17. The molecule has 1 heterocycles. The highest BCUT2D eigenvalue weighted by Crippen LogP contribution is 2.31. The molecule has 0 atom stereocenters. The summed E-state index contributed by atoms with van der Waals surface area (Å²) in [4.78, 5) is 17.4. The summed E-state index contributed by atoms with van der Waals surface area (Å²) in [6.45, 7) is 10.8. The maximum Gasteiger partial charge on any atom is 0.253 e. The highest BCUT2D eigenvalue weighted by Gasteiger charge is 2.22. The van der Waals surface area contributed by atoms with E-state index in [0.29, 0.717) is 5.75 Å². The van der Waals surface area contributed by atoms with E-state index in [1.54, 1.807) is 6.07 Å². The molecule has 1 N–H and O–H groups in total. The lowest BCUT2D eigenvalue weighted by Crippen LogP contribution is -2.48. The molecule has 27 heavy (non-hydrogen) atoms. The van der Waals surface area contributed by atoms with Crippen molar-refractivity contribution in [3.05, 3.63) is 53.1 Å². The maximum atomic E-state index is 13.0. The molecular weight excluding hydrogens is 336 g/mol. The van der Waals surface area contributed by atoms with E-state index in [4.69, 9.17) is 0 Å². The van der Waals surface area contributed by atoms with Crippen molar-refractivity contribution >= 4 is 5.91 Å². The number of nitrogens with zero attached hydrogens (tertiary/aromatic N) is 2. The van der Waals surface area contributed by atoms with Gasteiger partial charge in [-0.2, -0.15) is 0 Å². The standard InChI is InChI=1S/C23H30N2O2/c1-4-5-11-24-12-14-25(15-13-24)23(27)20-8-6-7-19(16-20)21-9-10-22(26)18(3)17(21)2/h6-10,16,26H,4-5,11-15H2,1-3H3. The van der Waals surface area contributed by atoms with Crippen LogP contribution in [0, 0.1) is 13.8 Å². The minimum atomic E-state index is 0.111. The monoisotopic (exact) mass is 366 g/mol. The van der Waals surface area contributed by atoms with E-state index in [1.165, 1.54) is 12.8 Å². The second-order valence-corrected chi connectivity index (χ2v) is 7.45. The Morgan fingerprint density at radius 3 is 2.48 bits per heavy atom. The highest BCUT2D eigenvalue weighted by molar-refractivity contribution is 5.95. The SMILES string of the molecule is CCCCN1CCN(C(=O)c2cccc(-c3ccc(O)c(C)c3C)c2)CC1. The van der Waals surface area contributed by atoms with E-state index in [9.17, 15) is 9.90 Å². The molecule has 2 aromatic rings. The first-order valence-corrected chi connectivity index (χ1v) is 9.92. The summed E-state index contributed by atoms with van der Waals surface area (Å²) >= 11 is 0. The lowest BCUT2D eigenvalue weighted by molar-refractivity contribution is 0.0636. The minimum absolute atomic E-state index is 0.111. The van der Waals surface area contributed by atoms with E-state index in [0.717, 1.165) is 60.5 Å². The molecule has 0 unspecified atom stereocenters. The number of phenols is 1. The van der Waals surface area contributed by atoms with Crippen LogP contribution in [0.15, 0.2) is 36.4 Å². The summed E-state index contributed by atoms with van der Waals surface area (Å²) in [6.07, 6.45) is 2.43. The van der Waals surface area contributed by atoms with Gasteiger partial charge < -0.3 is 10.0 Å². The van der Waals surface area contributed by atoms with Gasteiger partial charge in [-0.1, -0.05) is 31.5 Å². The Balaban J connectivity index is 1.74. The van der Waals surface area contributed by atoms with Gasteiger partial charge in [-0.05, 0) is 67.3 Å². The number of carbonyl (C=O) groups excluding carboxylic acids is 1. The van der Waals surface area contributed by atoms with E-state index in [1.807, 2.05) is 49.1 Å². The number of rotatable bonds is 5. The maximum absolute atomic E-state index is 13.0. The van der Waals surface area contributed by atoms with Crippen molar-refractivity contribution in [2.75, 3.05) is 32.7 Å². The normalized spacial score (nSPS) is 15.1. The van der Waals surface area contributed by atoms with Crippen molar-refractivity contribution in [2.24, 2.45) is 0 Å². The largest absolute Gasteiger partial charge is 0.508 e.